The molecule has 2 aromatic rings. The lowest BCUT2D eigenvalue weighted by atomic mass is 10.1. The molecule has 0 aliphatic heterocycles. The maximum atomic E-state index is 13.5. The van der Waals surface area contributed by atoms with Gasteiger partial charge < -0.3 is 14.8 Å². The molecule has 0 saturated carbocycles. The smallest absolute Gasteiger partial charge is 0.251 e. The first-order valence-corrected chi connectivity index (χ1v) is 6.80. The lowest BCUT2D eigenvalue weighted by Gasteiger charge is -2.10. The summed E-state index contributed by atoms with van der Waals surface area (Å²) < 4.78 is 23.8. The SMILES string of the molecule is COc1ccc(CNC(=O)c2ccc(C)c(F)c2)cc1OC. The van der Waals surface area contributed by atoms with Gasteiger partial charge in [-0.1, -0.05) is 12.1 Å². The van der Waals surface area contributed by atoms with Gasteiger partial charge in [-0.2, -0.15) is 0 Å². The topological polar surface area (TPSA) is 47.6 Å². The van der Waals surface area contributed by atoms with Crippen LogP contribution >= 0.6 is 0 Å². The third-order valence-electron chi connectivity index (χ3n) is 3.34. The molecule has 0 unspecified atom stereocenters. The highest BCUT2D eigenvalue weighted by molar-refractivity contribution is 5.94. The van der Waals surface area contributed by atoms with Crippen LogP contribution in [0.5, 0.6) is 11.5 Å². The molecule has 1 N–H and O–H groups in total. The Hall–Kier alpha value is -2.56. The van der Waals surface area contributed by atoms with Gasteiger partial charge in [0.15, 0.2) is 11.5 Å². The number of benzene rings is 2. The summed E-state index contributed by atoms with van der Waals surface area (Å²) in [5.41, 5.74) is 1.67. The van der Waals surface area contributed by atoms with Gasteiger partial charge in [0, 0.05) is 12.1 Å². The number of hydrogen-bond acceptors (Lipinski definition) is 3. The van der Waals surface area contributed by atoms with E-state index in [-0.39, 0.29) is 5.91 Å². The summed E-state index contributed by atoms with van der Waals surface area (Å²) in [4.78, 5) is 12.0. The molecule has 0 saturated heterocycles. The first-order valence-electron chi connectivity index (χ1n) is 6.80. The molecule has 0 heterocycles. The predicted octanol–water partition coefficient (Wildman–Crippen LogP) is 3.08. The van der Waals surface area contributed by atoms with Crippen molar-refractivity contribution in [3.63, 3.8) is 0 Å². The number of aryl methyl sites for hydroxylation is 1. The Labute approximate surface area is 128 Å². The van der Waals surface area contributed by atoms with Crippen molar-refractivity contribution in [3.05, 3.63) is 58.9 Å². The normalized spacial score (nSPS) is 10.2. The van der Waals surface area contributed by atoms with E-state index in [0.29, 0.717) is 29.2 Å². The molecule has 0 fully saturated rings. The minimum atomic E-state index is -0.390. The van der Waals surface area contributed by atoms with Crippen molar-refractivity contribution < 1.29 is 18.7 Å². The molecule has 4 nitrogen and oxygen atoms in total. The van der Waals surface area contributed by atoms with Gasteiger partial charge in [-0.25, -0.2) is 4.39 Å². The van der Waals surface area contributed by atoms with E-state index >= 15 is 0 Å². The highest BCUT2D eigenvalue weighted by atomic mass is 19.1. The van der Waals surface area contributed by atoms with Crippen molar-refractivity contribution in [1.82, 2.24) is 5.32 Å². The maximum absolute atomic E-state index is 13.5. The number of amides is 1. The van der Waals surface area contributed by atoms with Crippen LogP contribution in [0.25, 0.3) is 0 Å². The van der Waals surface area contributed by atoms with Gasteiger partial charge >= 0.3 is 0 Å². The number of ether oxygens (including phenoxy) is 2. The fourth-order valence-electron chi connectivity index (χ4n) is 2.01. The summed E-state index contributed by atoms with van der Waals surface area (Å²) in [6.45, 7) is 1.97. The molecule has 0 bridgehead atoms. The molecule has 0 aliphatic rings. The Morgan fingerprint density at radius 1 is 1.09 bits per heavy atom. The highest BCUT2D eigenvalue weighted by Gasteiger charge is 2.09. The Balaban J connectivity index is 2.06. The molecule has 0 spiro atoms. The fraction of sp³-hybridized carbons (Fsp3) is 0.235. The summed E-state index contributed by atoms with van der Waals surface area (Å²) >= 11 is 0. The summed E-state index contributed by atoms with van der Waals surface area (Å²) in [5.74, 6) is 0.501. The molecule has 5 heteroatoms. The molecular formula is C17H18FNO3. The second kappa shape index (κ2) is 6.93. The summed E-state index contributed by atoms with van der Waals surface area (Å²) in [5, 5.41) is 2.75. The van der Waals surface area contributed by atoms with Gasteiger partial charge in [-0.3, -0.25) is 4.79 Å². The van der Waals surface area contributed by atoms with Crippen LogP contribution in [-0.4, -0.2) is 20.1 Å². The van der Waals surface area contributed by atoms with Crippen LogP contribution in [0, 0.1) is 12.7 Å². The Kier molecular flexibility index (Phi) is 4.99. The molecule has 1 amide bonds. The first kappa shape index (κ1) is 15.8. The second-order valence-electron chi connectivity index (χ2n) is 4.84. The average Bonchev–Trinajstić information content (AvgIpc) is 2.54. The van der Waals surface area contributed by atoms with Gasteiger partial charge in [0.05, 0.1) is 14.2 Å². The van der Waals surface area contributed by atoms with Crippen LogP contribution < -0.4 is 14.8 Å². The standard InChI is InChI=1S/C17H18FNO3/c1-11-4-6-13(9-14(11)18)17(20)19-10-12-5-7-15(21-2)16(8-12)22-3/h4-9H,10H2,1-3H3,(H,19,20). The van der Waals surface area contributed by atoms with Crippen molar-refractivity contribution in [1.29, 1.82) is 0 Å². The minimum Gasteiger partial charge on any atom is -0.493 e. The summed E-state index contributed by atoms with van der Waals surface area (Å²) in [6.07, 6.45) is 0. The van der Waals surface area contributed by atoms with Crippen molar-refractivity contribution in [2.45, 2.75) is 13.5 Å². The Morgan fingerprint density at radius 3 is 2.45 bits per heavy atom. The van der Waals surface area contributed by atoms with Gasteiger partial charge in [0.25, 0.3) is 5.91 Å². The first-order chi connectivity index (χ1) is 10.5. The van der Waals surface area contributed by atoms with Crippen molar-refractivity contribution >= 4 is 5.91 Å². The molecule has 0 aromatic heterocycles. The average molecular weight is 303 g/mol. The highest BCUT2D eigenvalue weighted by Crippen LogP contribution is 2.27. The molecule has 2 rings (SSSR count). The van der Waals surface area contributed by atoms with E-state index in [1.807, 2.05) is 6.07 Å². The van der Waals surface area contributed by atoms with Gasteiger partial charge in [-0.05, 0) is 42.3 Å². The minimum absolute atomic E-state index is 0.295. The van der Waals surface area contributed by atoms with E-state index < -0.39 is 5.82 Å². The zero-order valence-corrected chi connectivity index (χ0v) is 12.8. The predicted molar refractivity (Wildman–Crippen MR) is 81.9 cm³/mol. The van der Waals surface area contributed by atoms with Crippen molar-refractivity contribution in [2.75, 3.05) is 14.2 Å². The van der Waals surface area contributed by atoms with Crippen molar-refractivity contribution in [3.8, 4) is 11.5 Å². The molecule has 22 heavy (non-hydrogen) atoms. The second-order valence-corrected chi connectivity index (χ2v) is 4.84. The van der Waals surface area contributed by atoms with E-state index in [4.69, 9.17) is 9.47 Å². The Morgan fingerprint density at radius 2 is 1.82 bits per heavy atom. The van der Waals surface area contributed by atoms with Crippen LogP contribution in [0.1, 0.15) is 21.5 Å². The van der Waals surface area contributed by atoms with Crippen LogP contribution in [0.4, 0.5) is 4.39 Å². The van der Waals surface area contributed by atoms with Crippen LogP contribution in [0.3, 0.4) is 0 Å². The van der Waals surface area contributed by atoms with Gasteiger partial charge in [0.2, 0.25) is 0 Å². The zero-order valence-electron chi connectivity index (χ0n) is 12.8. The Bertz CT molecular complexity index is 686. The number of methoxy groups -OCH3 is 2. The molecule has 116 valence electrons. The monoisotopic (exact) mass is 303 g/mol. The molecule has 2 aromatic carbocycles. The number of hydrogen-bond donors (Lipinski definition) is 1. The maximum Gasteiger partial charge on any atom is 0.251 e. The number of rotatable bonds is 5. The number of halogens is 1. The third kappa shape index (κ3) is 3.55. The molecular weight excluding hydrogens is 285 g/mol. The molecule has 0 radical (unpaired) electrons. The van der Waals surface area contributed by atoms with E-state index in [1.165, 1.54) is 6.07 Å². The van der Waals surface area contributed by atoms with Crippen LogP contribution in [-0.2, 0) is 6.54 Å². The number of carbonyl (C=O) groups is 1. The molecule has 0 atom stereocenters. The summed E-state index contributed by atoms with van der Waals surface area (Å²) in [6, 6.07) is 9.81. The number of carbonyl (C=O) groups excluding carboxylic acids is 1. The van der Waals surface area contributed by atoms with Crippen molar-refractivity contribution in [2.24, 2.45) is 0 Å². The van der Waals surface area contributed by atoms with Crippen LogP contribution in [0.15, 0.2) is 36.4 Å². The quantitative estimate of drug-likeness (QED) is 0.923. The fourth-order valence-corrected chi connectivity index (χ4v) is 2.01. The third-order valence-corrected chi connectivity index (χ3v) is 3.34. The summed E-state index contributed by atoms with van der Waals surface area (Å²) in [7, 11) is 3.11. The zero-order chi connectivity index (χ0) is 16.1. The number of nitrogens with one attached hydrogen (secondary N) is 1. The van der Waals surface area contributed by atoms with E-state index in [9.17, 15) is 9.18 Å². The largest absolute Gasteiger partial charge is 0.493 e. The lowest BCUT2D eigenvalue weighted by molar-refractivity contribution is 0.0950. The van der Waals surface area contributed by atoms with Crippen LogP contribution in [0.2, 0.25) is 0 Å². The van der Waals surface area contributed by atoms with Gasteiger partial charge in [0.1, 0.15) is 5.82 Å². The molecule has 0 aliphatic carbocycles. The van der Waals surface area contributed by atoms with E-state index in [0.717, 1.165) is 5.56 Å². The lowest BCUT2D eigenvalue weighted by Crippen LogP contribution is -2.23. The van der Waals surface area contributed by atoms with E-state index in [1.54, 1.807) is 45.4 Å². The van der Waals surface area contributed by atoms with Gasteiger partial charge in [-0.15, -0.1) is 0 Å². The van der Waals surface area contributed by atoms with E-state index in [2.05, 4.69) is 5.32 Å².